The van der Waals surface area contributed by atoms with Gasteiger partial charge in [0.25, 0.3) is 0 Å². The molecule has 0 saturated heterocycles. The summed E-state index contributed by atoms with van der Waals surface area (Å²) >= 11 is 0. The first-order valence-electron chi connectivity index (χ1n) is 6.60. The molecule has 1 aromatic rings. The molecule has 0 spiro atoms. The third kappa shape index (κ3) is 3.14. The van der Waals surface area contributed by atoms with Gasteiger partial charge in [-0.3, -0.25) is 0 Å². The lowest BCUT2D eigenvalue weighted by atomic mass is 9.76. The summed E-state index contributed by atoms with van der Waals surface area (Å²) in [4.78, 5) is 0. The van der Waals surface area contributed by atoms with Crippen LogP contribution < -0.4 is 9.16 Å². The maximum atomic E-state index is 5.51. The van der Waals surface area contributed by atoms with Gasteiger partial charge in [0.2, 0.25) is 0 Å². The summed E-state index contributed by atoms with van der Waals surface area (Å²) < 4.78 is 10.9. The largest absolute Gasteiger partial charge is 0.538 e. The molecule has 0 unspecified atom stereocenters. The smallest absolute Gasteiger partial charge is 0.341 e. The molecular formula is C16H25O2Si. The first kappa shape index (κ1) is 16.1. The fourth-order valence-electron chi connectivity index (χ4n) is 2.67. The van der Waals surface area contributed by atoms with Gasteiger partial charge >= 0.3 is 10.5 Å². The first-order chi connectivity index (χ1) is 8.54. The molecule has 105 valence electrons. The standard InChI is InChI=1S/C16H25O2Si/c1-10-11(15(2,3)4)9-12(17-8)14(18-19)13(10)16(5,6)7/h9H,1-8H3. The highest BCUT2D eigenvalue weighted by Crippen LogP contribution is 2.44. The first-order valence-corrected chi connectivity index (χ1v) is 7.01. The van der Waals surface area contributed by atoms with E-state index >= 15 is 0 Å². The Labute approximate surface area is 121 Å². The number of benzene rings is 1. The van der Waals surface area contributed by atoms with E-state index in [-0.39, 0.29) is 10.8 Å². The highest BCUT2D eigenvalue weighted by atomic mass is 28.2. The molecule has 0 fully saturated rings. The fourth-order valence-corrected chi connectivity index (χ4v) is 2.87. The molecule has 0 N–H and O–H groups in total. The quantitative estimate of drug-likeness (QED) is 0.759. The maximum absolute atomic E-state index is 5.51. The normalized spacial score (nSPS) is 12.5. The van der Waals surface area contributed by atoms with Crippen molar-refractivity contribution < 1.29 is 9.16 Å². The highest BCUT2D eigenvalue weighted by molar-refractivity contribution is 6.00. The SMILES string of the molecule is COc1cc(C(C)(C)C)c(C)c(C(C)(C)C)c1O[Si]. The second-order valence-corrected chi connectivity index (χ2v) is 7.26. The van der Waals surface area contributed by atoms with Crippen LogP contribution in [0.1, 0.15) is 58.2 Å². The number of hydrogen-bond donors (Lipinski definition) is 0. The number of rotatable bonds is 2. The van der Waals surface area contributed by atoms with Gasteiger partial charge in [-0.05, 0) is 34.9 Å². The molecule has 0 bridgehead atoms. The fraction of sp³-hybridized carbons (Fsp3) is 0.625. The third-order valence-electron chi connectivity index (χ3n) is 3.39. The van der Waals surface area contributed by atoms with E-state index in [1.165, 1.54) is 16.7 Å². The van der Waals surface area contributed by atoms with E-state index in [0.717, 1.165) is 11.5 Å². The molecule has 0 aliphatic heterocycles. The minimum absolute atomic E-state index is 0.0133. The van der Waals surface area contributed by atoms with Gasteiger partial charge in [-0.25, -0.2) is 0 Å². The zero-order valence-electron chi connectivity index (χ0n) is 13.4. The van der Waals surface area contributed by atoms with E-state index in [1.54, 1.807) is 7.11 Å². The van der Waals surface area contributed by atoms with Crippen LogP contribution in [0.2, 0.25) is 0 Å². The molecule has 0 saturated carbocycles. The average Bonchev–Trinajstić information content (AvgIpc) is 2.24. The molecule has 3 heteroatoms. The average molecular weight is 277 g/mol. The van der Waals surface area contributed by atoms with Gasteiger partial charge in [0, 0.05) is 5.56 Å². The third-order valence-corrected chi connectivity index (χ3v) is 3.59. The van der Waals surface area contributed by atoms with Crippen LogP contribution >= 0.6 is 0 Å². The van der Waals surface area contributed by atoms with Gasteiger partial charge in [0.15, 0.2) is 5.75 Å². The molecule has 1 rings (SSSR count). The van der Waals surface area contributed by atoms with Gasteiger partial charge in [0.05, 0.1) is 7.11 Å². The Balaban J connectivity index is 3.76. The molecule has 0 amide bonds. The second kappa shape index (κ2) is 5.20. The summed E-state index contributed by atoms with van der Waals surface area (Å²) in [7, 11) is 4.85. The zero-order valence-corrected chi connectivity index (χ0v) is 14.4. The Hall–Kier alpha value is -0.963. The van der Waals surface area contributed by atoms with Crippen molar-refractivity contribution in [3.8, 4) is 11.5 Å². The predicted molar refractivity (Wildman–Crippen MR) is 81.5 cm³/mol. The monoisotopic (exact) mass is 277 g/mol. The van der Waals surface area contributed by atoms with Crippen molar-refractivity contribution >= 4 is 10.5 Å². The van der Waals surface area contributed by atoms with Crippen LogP contribution in [-0.4, -0.2) is 17.6 Å². The molecule has 0 aliphatic rings. The highest BCUT2D eigenvalue weighted by Gasteiger charge is 2.29. The van der Waals surface area contributed by atoms with Gasteiger partial charge in [-0.1, -0.05) is 41.5 Å². The minimum Gasteiger partial charge on any atom is -0.538 e. The summed E-state index contributed by atoms with van der Waals surface area (Å²) in [5.74, 6) is 1.55. The predicted octanol–water partition coefficient (Wildman–Crippen LogP) is 4.06. The van der Waals surface area contributed by atoms with Crippen molar-refractivity contribution in [1.82, 2.24) is 0 Å². The molecular weight excluding hydrogens is 252 g/mol. The lowest BCUT2D eigenvalue weighted by molar-refractivity contribution is 0.388. The van der Waals surface area contributed by atoms with Crippen molar-refractivity contribution in [2.75, 3.05) is 7.11 Å². The summed E-state index contributed by atoms with van der Waals surface area (Å²) in [5, 5.41) is 0. The Bertz CT molecular complexity index is 465. The van der Waals surface area contributed by atoms with E-state index < -0.39 is 0 Å². The van der Waals surface area contributed by atoms with E-state index in [4.69, 9.17) is 9.16 Å². The van der Waals surface area contributed by atoms with Crippen molar-refractivity contribution in [2.24, 2.45) is 0 Å². The van der Waals surface area contributed by atoms with E-state index in [0.29, 0.717) is 0 Å². The Morgan fingerprint density at radius 1 is 1.00 bits per heavy atom. The van der Waals surface area contributed by atoms with Crippen LogP contribution in [0.15, 0.2) is 6.07 Å². The number of ether oxygens (including phenoxy) is 1. The minimum atomic E-state index is -0.0133. The Kier molecular flexibility index (Phi) is 4.40. The summed E-state index contributed by atoms with van der Waals surface area (Å²) in [6.07, 6.45) is 0. The molecule has 1 aromatic carbocycles. The van der Waals surface area contributed by atoms with Crippen molar-refractivity contribution in [2.45, 2.75) is 59.3 Å². The van der Waals surface area contributed by atoms with Crippen molar-refractivity contribution in [3.05, 3.63) is 22.8 Å². The number of methoxy groups -OCH3 is 1. The molecule has 0 atom stereocenters. The summed E-state index contributed by atoms with van der Waals surface area (Å²) in [5.41, 5.74) is 3.81. The van der Waals surface area contributed by atoms with Gasteiger partial charge in [-0.15, -0.1) is 0 Å². The second-order valence-electron chi connectivity index (χ2n) is 7.06. The summed E-state index contributed by atoms with van der Waals surface area (Å²) in [6, 6.07) is 2.08. The van der Waals surface area contributed by atoms with Gasteiger partial charge in [0.1, 0.15) is 5.75 Å². The topological polar surface area (TPSA) is 18.5 Å². The molecule has 3 radical (unpaired) electrons. The van der Waals surface area contributed by atoms with Crippen LogP contribution in [0.4, 0.5) is 0 Å². The molecule has 0 aliphatic carbocycles. The molecule has 2 nitrogen and oxygen atoms in total. The Morgan fingerprint density at radius 3 is 1.84 bits per heavy atom. The van der Waals surface area contributed by atoms with Crippen molar-refractivity contribution in [1.29, 1.82) is 0 Å². The van der Waals surface area contributed by atoms with E-state index in [1.807, 2.05) is 0 Å². The van der Waals surface area contributed by atoms with E-state index in [9.17, 15) is 0 Å². The molecule has 0 heterocycles. The van der Waals surface area contributed by atoms with Crippen LogP contribution in [0.3, 0.4) is 0 Å². The lowest BCUT2D eigenvalue weighted by Crippen LogP contribution is -2.21. The maximum Gasteiger partial charge on any atom is 0.341 e. The Morgan fingerprint density at radius 2 is 1.53 bits per heavy atom. The van der Waals surface area contributed by atoms with Gasteiger partial charge < -0.3 is 9.16 Å². The molecule has 19 heavy (non-hydrogen) atoms. The van der Waals surface area contributed by atoms with Crippen LogP contribution in [-0.2, 0) is 10.8 Å². The lowest BCUT2D eigenvalue weighted by Gasteiger charge is -2.31. The van der Waals surface area contributed by atoms with E-state index in [2.05, 4.69) is 65.0 Å². The van der Waals surface area contributed by atoms with Gasteiger partial charge in [-0.2, -0.15) is 0 Å². The number of hydrogen-bond acceptors (Lipinski definition) is 2. The zero-order chi connectivity index (χ0) is 15.0. The molecule has 0 aromatic heterocycles. The van der Waals surface area contributed by atoms with Crippen molar-refractivity contribution in [3.63, 3.8) is 0 Å². The van der Waals surface area contributed by atoms with Crippen LogP contribution in [0.5, 0.6) is 11.5 Å². The van der Waals surface area contributed by atoms with Crippen LogP contribution in [0.25, 0.3) is 0 Å². The summed E-state index contributed by atoms with van der Waals surface area (Å²) in [6.45, 7) is 15.4. The van der Waals surface area contributed by atoms with Crippen LogP contribution in [0, 0.1) is 6.92 Å².